The summed E-state index contributed by atoms with van der Waals surface area (Å²) in [6.07, 6.45) is -3.02. The lowest BCUT2D eigenvalue weighted by atomic mass is 10.1. The highest BCUT2D eigenvalue weighted by atomic mass is 19.4. The monoisotopic (exact) mass is 306 g/mol. The minimum atomic E-state index is -4.53. The van der Waals surface area contributed by atoms with Crippen molar-refractivity contribution in [2.75, 3.05) is 31.1 Å². The predicted octanol–water partition coefficient (Wildman–Crippen LogP) is 2.79. The first-order chi connectivity index (χ1) is 9.91. The number of alkyl halides is 3. The van der Waals surface area contributed by atoms with Crippen molar-refractivity contribution in [1.82, 2.24) is 0 Å². The van der Waals surface area contributed by atoms with E-state index >= 15 is 0 Å². The Balaban J connectivity index is 2.00. The SMILES string of the molecule is NCCOC1CCN(c2ccc(C(F)(F)F)cc2F)CC1. The van der Waals surface area contributed by atoms with Gasteiger partial charge >= 0.3 is 6.18 Å². The molecule has 1 aromatic rings. The zero-order valence-corrected chi connectivity index (χ0v) is 11.5. The lowest BCUT2D eigenvalue weighted by molar-refractivity contribution is -0.137. The molecule has 0 spiro atoms. The third kappa shape index (κ3) is 4.07. The molecule has 1 aromatic carbocycles. The molecule has 1 heterocycles. The number of hydrogen-bond acceptors (Lipinski definition) is 3. The molecular formula is C14H18F4N2O. The molecule has 1 aliphatic heterocycles. The molecule has 0 radical (unpaired) electrons. The molecule has 0 amide bonds. The van der Waals surface area contributed by atoms with Crippen molar-refractivity contribution in [3.8, 4) is 0 Å². The average molecular weight is 306 g/mol. The number of hydrogen-bond donors (Lipinski definition) is 1. The first-order valence-electron chi connectivity index (χ1n) is 6.85. The van der Waals surface area contributed by atoms with Crippen molar-refractivity contribution in [2.24, 2.45) is 5.73 Å². The van der Waals surface area contributed by atoms with E-state index in [9.17, 15) is 17.6 Å². The summed E-state index contributed by atoms with van der Waals surface area (Å²) in [4.78, 5) is 1.75. The Kier molecular flexibility index (Phi) is 5.05. The molecule has 0 aromatic heterocycles. The van der Waals surface area contributed by atoms with Crippen LogP contribution < -0.4 is 10.6 Å². The number of ether oxygens (including phenoxy) is 1. The Labute approximate surface area is 120 Å². The molecule has 3 nitrogen and oxygen atoms in total. The van der Waals surface area contributed by atoms with Crippen molar-refractivity contribution >= 4 is 5.69 Å². The number of rotatable bonds is 4. The summed E-state index contributed by atoms with van der Waals surface area (Å²) in [6, 6.07) is 2.65. The zero-order chi connectivity index (χ0) is 15.5. The van der Waals surface area contributed by atoms with Crippen LogP contribution >= 0.6 is 0 Å². The van der Waals surface area contributed by atoms with Crippen molar-refractivity contribution in [1.29, 1.82) is 0 Å². The lowest BCUT2D eigenvalue weighted by Gasteiger charge is -2.33. The maximum atomic E-state index is 13.9. The fraction of sp³-hybridized carbons (Fsp3) is 0.571. The maximum Gasteiger partial charge on any atom is 0.416 e. The predicted molar refractivity (Wildman–Crippen MR) is 71.6 cm³/mol. The van der Waals surface area contributed by atoms with Gasteiger partial charge in [-0.15, -0.1) is 0 Å². The summed E-state index contributed by atoms with van der Waals surface area (Å²) < 4.78 is 56.9. The van der Waals surface area contributed by atoms with Gasteiger partial charge in [-0.2, -0.15) is 13.2 Å². The molecule has 0 saturated carbocycles. The fourth-order valence-electron chi connectivity index (χ4n) is 2.44. The largest absolute Gasteiger partial charge is 0.416 e. The van der Waals surface area contributed by atoms with E-state index in [1.165, 1.54) is 6.07 Å². The number of piperidine rings is 1. The van der Waals surface area contributed by atoms with Gasteiger partial charge in [-0.1, -0.05) is 0 Å². The second-order valence-electron chi connectivity index (χ2n) is 5.01. The first-order valence-corrected chi connectivity index (χ1v) is 6.85. The Hall–Kier alpha value is -1.34. The lowest BCUT2D eigenvalue weighted by Crippen LogP contribution is -2.38. The number of anilines is 1. The molecule has 2 rings (SSSR count). The topological polar surface area (TPSA) is 38.5 Å². The summed E-state index contributed by atoms with van der Waals surface area (Å²) in [5.41, 5.74) is 4.60. The van der Waals surface area contributed by atoms with Crippen molar-refractivity contribution in [3.05, 3.63) is 29.6 Å². The van der Waals surface area contributed by atoms with Crippen LogP contribution in [0.4, 0.5) is 23.2 Å². The highest BCUT2D eigenvalue weighted by Crippen LogP contribution is 2.33. The van der Waals surface area contributed by atoms with Crippen LogP contribution in [0.5, 0.6) is 0 Å². The van der Waals surface area contributed by atoms with E-state index in [4.69, 9.17) is 10.5 Å². The van der Waals surface area contributed by atoms with Gasteiger partial charge < -0.3 is 15.4 Å². The average Bonchev–Trinajstić information content (AvgIpc) is 2.45. The van der Waals surface area contributed by atoms with E-state index in [2.05, 4.69) is 0 Å². The van der Waals surface area contributed by atoms with E-state index < -0.39 is 17.6 Å². The third-order valence-corrected chi connectivity index (χ3v) is 3.53. The summed E-state index contributed by atoms with van der Waals surface area (Å²) in [5.74, 6) is -0.842. The number of nitrogens with two attached hydrogens (primary N) is 1. The van der Waals surface area contributed by atoms with Crippen LogP contribution in [0.25, 0.3) is 0 Å². The van der Waals surface area contributed by atoms with Gasteiger partial charge in [-0.25, -0.2) is 4.39 Å². The summed E-state index contributed by atoms with van der Waals surface area (Å²) in [6.45, 7) is 2.04. The van der Waals surface area contributed by atoms with Crippen molar-refractivity contribution < 1.29 is 22.3 Å². The fourth-order valence-corrected chi connectivity index (χ4v) is 2.44. The second kappa shape index (κ2) is 6.62. The molecule has 1 saturated heterocycles. The minimum absolute atomic E-state index is 0.0855. The van der Waals surface area contributed by atoms with Gasteiger partial charge in [0, 0.05) is 19.6 Å². The molecule has 21 heavy (non-hydrogen) atoms. The summed E-state index contributed by atoms with van der Waals surface area (Å²) >= 11 is 0. The zero-order valence-electron chi connectivity index (χ0n) is 11.5. The quantitative estimate of drug-likeness (QED) is 0.869. The van der Waals surface area contributed by atoms with E-state index in [0.29, 0.717) is 45.1 Å². The molecule has 1 fully saturated rings. The van der Waals surface area contributed by atoms with E-state index in [-0.39, 0.29) is 11.8 Å². The molecule has 0 bridgehead atoms. The van der Waals surface area contributed by atoms with E-state index in [1.807, 2.05) is 0 Å². The highest BCUT2D eigenvalue weighted by Gasteiger charge is 2.32. The van der Waals surface area contributed by atoms with Gasteiger partial charge in [0.05, 0.1) is 24.0 Å². The van der Waals surface area contributed by atoms with Gasteiger partial charge in [-0.3, -0.25) is 0 Å². The standard InChI is InChI=1S/C14H18F4N2O/c15-12-9-10(14(16,17)18)1-2-13(12)20-6-3-11(4-7-20)21-8-5-19/h1-2,9,11H,3-8,19H2. The summed E-state index contributed by atoms with van der Waals surface area (Å²) in [7, 11) is 0. The Morgan fingerprint density at radius 2 is 1.90 bits per heavy atom. The van der Waals surface area contributed by atoms with Crippen molar-refractivity contribution in [3.63, 3.8) is 0 Å². The van der Waals surface area contributed by atoms with E-state index in [1.54, 1.807) is 4.90 Å². The smallest absolute Gasteiger partial charge is 0.377 e. The van der Waals surface area contributed by atoms with Crippen LogP contribution in [0, 0.1) is 5.82 Å². The maximum absolute atomic E-state index is 13.9. The van der Waals surface area contributed by atoms with Crippen LogP contribution in [0.3, 0.4) is 0 Å². The van der Waals surface area contributed by atoms with Gasteiger partial charge in [0.25, 0.3) is 0 Å². The van der Waals surface area contributed by atoms with Crippen LogP contribution in [-0.4, -0.2) is 32.3 Å². The number of halogens is 4. The van der Waals surface area contributed by atoms with Crippen molar-refractivity contribution in [2.45, 2.75) is 25.1 Å². The molecular weight excluding hydrogens is 288 g/mol. The highest BCUT2D eigenvalue weighted by molar-refractivity contribution is 5.50. The Morgan fingerprint density at radius 3 is 2.43 bits per heavy atom. The molecule has 0 aliphatic carbocycles. The number of nitrogens with zero attached hydrogens (tertiary/aromatic N) is 1. The molecule has 2 N–H and O–H groups in total. The minimum Gasteiger partial charge on any atom is -0.377 e. The van der Waals surface area contributed by atoms with Crippen LogP contribution in [0.15, 0.2) is 18.2 Å². The summed E-state index contributed by atoms with van der Waals surface area (Å²) in [5, 5.41) is 0. The first kappa shape index (κ1) is 16.0. The Morgan fingerprint density at radius 1 is 1.24 bits per heavy atom. The molecule has 0 atom stereocenters. The van der Waals surface area contributed by atoms with Crippen LogP contribution in [-0.2, 0) is 10.9 Å². The Bertz CT molecular complexity index is 471. The molecule has 1 aliphatic rings. The molecule has 118 valence electrons. The van der Waals surface area contributed by atoms with Gasteiger partial charge in [0.15, 0.2) is 0 Å². The van der Waals surface area contributed by atoms with Gasteiger partial charge in [0.2, 0.25) is 0 Å². The second-order valence-corrected chi connectivity index (χ2v) is 5.01. The molecule has 7 heteroatoms. The normalized spacial score (nSPS) is 17.3. The van der Waals surface area contributed by atoms with E-state index in [0.717, 1.165) is 6.07 Å². The number of benzene rings is 1. The third-order valence-electron chi connectivity index (χ3n) is 3.53. The van der Waals surface area contributed by atoms with Gasteiger partial charge in [-0.05, 0) is 31.0 Å². The van der Waals surface area contributed by atoms with Crippen LogP contribution in [0.2, 0.25) is 0 Å². The molecule has 0 unspecified atom stereocenters. The van der Waals surface area contributed by atoms with Crippen LogP contribution in [0.1, 0.15) is 18.4 Å². The van der Waals surface area contributed by atoms with Gasteiger partial charge in [0.1, 0.15) is 5.82 Å².